The second kappa shape index (κ2) is 2.25. The van der Waals surface area contributed by atoms with Crippen molar-refractivity contribution in [3.63, 3.8) is 0 Å². The van der Waals surface area contributed by atoms with Crippen molar-refractivity contribution in [3.05, 3.63) is 23.8 Å². The van der Waals surface area contributed by atoms with Crippen LogP contribution >= 0.6 is 0 Å². The molecule has 13 heavy (non-hydrogen) atoms. The number of ether oxygens (including phenoxy) is 1. The van der Waals surface area contributed by atoms with Crippen molar-refractivity contribution in [2.45, 2.75) is 19.4 Å². The van der Waals surface area contributed by atoms with Crippen LogP contribution in [0.5, 0.6) is 5.75 Å². The molecule has 0 bridgehead atoms. The Morgan fingerprint density at radius 1 is 1.38 bits per heavy atom. The van der Waals surface area contributed by atoms with Crippen molar-refractivity contribution in [2.24, 2.45) is 0 Å². The molecule has 2 N–H and O–H groups in total. The van der Waals surface area contributed by atoms with Gasteiger partial charge in [0.25, 0.3) is 0 Å². The molecule has 1 aliphatic heterocycles. The monoisotopic (exact) mass is 177 g/mol. The SMILES string of the molecule is CC1(C)Oc2cc(N)ccc2C1=O. The highest BCUT2D eigenvalue weighted by Crippen LogP contribution is 2.35. The van der Waals surface area contributed by atoms with E-state index in [1.54, 1.807) is 32.0 Å². The molecule has 3 heteroatoms. The second-order valence-electron chi connectivity index (χ2n) is 3.70. The largest absolute Gasteiger partial charge is 0.479 e. The minimum atomic E-state index is -0.740. The van der Waals surface area contributed by atoms with Gasteiger partial charge in [-0.05, 0) is 26.0 Å². The number of Topliss-reactive ketones (excluding diaryl/α,β-unsaturated/α-hetero) is 1. The Bertz CT molecular complexity index is 383. The molecule has 0 aliphatic carbocycles. The van der Waals surface area contributed by atoms with Crippen LogP contribution in [0.3, 0.4) is 0 Å². The summed E-state index contributed by atoms with van der Waals surface area (Å²) in [5.41, 5.74) is 6.07. The van der Waals surface area contributed by atoms with Crippen molar-refractivity contribution >= 4 is 11.5 Å². The number of fused-ring (bicyclic) bond motifs is 1. The first kappa shape index (κ1) is 8.10. The van der Waals surface area contributed by atoms with E-state index in [-0.39, 0.29) is 5.78 Å². The van der Waals surface area contributed by atoms with E-state index in [9.17, 15) is 4.79 Å². The standard InChI is InChI=1S/C10H11NO2/c1-10(2)9(12)7-4-3-6(11)5-8(7)13-10/h3-5H,11H2,1-2H3. The van der Waals surface area contributed by atoms with Crippen molar-refractivity contribution in [2.75, 3.05) is 5.73 Å². The Kier molecular flexibility index (Phi) is 1.40. The van der Waals surface area contributed by atoms with Gasteiger partial charge in [-0.3, -0.25) is 4.79 Å². The summed E-state index contributed by atoms with van der Waals surface area (Å²) in [5.74, 6) is 0.609. The molecule has 1 aromatic carbocycles. The quantitative estimate of drug-likeness (QED) is 0.612. The number of anilines is 1. The van der Waals surface area contributed by atoms with E-state index in [1.165, 1.54) is 0 Å². The van der Waals surface area contributed by atoms with Gasteiger partial charge in [-0.2, -0.15) is 0 Å². The number of nitrogens with two attached hydrogens (primary N) is 1. The highest BCUT2D eigenvalue weighted by Gasteiger charge is 2.39. The van der Waals surface area contributed by atoms with E-state index >= 15 is 0 Å². The molecule has 0 fully saturated rings. The molecule has 0 aromatic heterocycles. The fourth-order valence-corrected chi connectivity index (χ4v) is 1.46. The van der Waals surface area contributed by atoms with Gasteiger partial charge in [0, 0.05) is 11.8 Å². The molecule has 0 atom stereocenters. The number of ketones is 1. The van der Waals surface area contributed by atoms with Gasteiger partial charge in [0.05, 0.1) is 5.56 Å². The lowest BCUT2D eigenvalue weighted by Gasteiger charge is -2.14. The van der Waals surface area contributed by atoms with E-state index in [0.29, 0.717) is 17.0 Å². The van der Waals surface area contributed by atoms with Gasteiger partial charge in [-0.25, -0.2) is 0 Å². The normalized spacial score (nSPS) is 18.2. The molecule has 0 spiro atoms. The third-order valence-corrected chi connectivity index (χ3v) is 2.16. The van der Waals surface area contributed by atoms with Gasteiger partial charge in [-0.15, -0.1) is 0 Å². The fourth-order valence-electron chi connectivity index (χ4n) is 1.46. The van der Waals surface area contributed by atoms with E-state index < -0.39 is 5.60 Å². The third-order valence-electron chi connectivity index (χ3n) is 2.16. The predicted molar refractivity (Wildman–Crippen MR) is 49.9 cm³/mol. The predicted octanol–water partition coefficient (Wildman–Crippen LogP) is 1.62. The van der Waals surface area contributed by atoms with Gasteiger partial charge in [0.15, 0.2) is 5.60 Å². The van der Waals surface area contributed by atoms with Crippen LogP contribution in [0.1, 0.15) is 24.2 Å². The van der Waals surface area contributed by atoms with Crippen LogP contribution in [-0.4, -0.2) is 11.4 Å². The molecule has 1 aliphatic rings. The van der Waals surface area contributed by atoms with Crippen LogP contribution in [0.25, 0.3) is 0 Å². The Hall–Kier alpha value is -1.51. The molecule has 68 valence electrons. The smallest absolute Gasteiger partial charge is 0.209 e. The molecule has 0 saturated heterocycles. The first-order valence-electron chi connectivity index (χ1n) is 4.14. The minimum Gasteiger partial charge on any atom is -0.479 e. The number of rotatable bonds is 0. The van der Waals surface area contributed by atoms with Gasteiger partial charge >= 0.3 is 0 Å². The molecule has 0 unspecified atom stereocenters. The topological polar surface area (TPSA) is 52.3 Å². The minimum absolute atomic E-state index is 0.0162. The molecule has 0 saturated carbocycles. The molecule has 0 radical (unpaired) electrons. The molecule has 2 rings (SSSR count). The Balaban J connectivity index is 2.57. The van der Waals surface area contributed by atoms with Gasteiger partial charge in [0.2, 0.25) is 5.78 Å². The maximum absolute atomic E-state index is 11.7. The lowest BCUT2D eigenvalue weighted by Crippen LogP contribution is -2.31. The number of carbonyl (C=O) groups excluding carboxylic acids is 1. The van der Waals surface area contributed by atoms with Gasteiger partial charge in [-0.1, -0.05) is 0 Å². The number of carbonyl (C=O) groups is 1. The number of hydrogen-bond donors (Lipinski definition) is 1. The zero-order valence-electron chi connectivity index (χ0n) is 7.63. The summed E-state index contributed by atoms with van der Waals surface area (Å²) < 4.78 is 5.46. The zero-order chi connectivity index (χ0) is 9.64. The summed E-state index contributed by atoms with van der Waals surface area (Å²) in [6.07, 6.45) is 0. The van der Waals surface area contributed by atoms with E-state index in [4.69, 9.17) is 10.5 Å². The van der Waals surface area contributed by atoms with E-state index in [2.05, 4.69) is 0 Å². The van der Waals surface area contributed by atoms with Crippen LogP contribution in [0.4, 0.5) is 5.69 Å². The number of nitrogen functional groups attached to an aromatic ring is 1. The highest BCUT2D eigenvalue weighted by atomic mass is 16.5. The van der Waals surface area contributed by atoms with Crippen LogP contribution in [0.15, 0.2) is 18.2 Å². The van der Waals surface area contributed by atoms with Crippen LogP contribution in [0.2, 0.25) is 0 Å². The van der Waals surface area contributed by atoms with Gasteiger partial charge in [0.1, 0.15) is 5.75 Å². The molecular formula is C10H11NO2. The molecule has 3 nitrogen and oxygen atoms in total. The second-order valence-corrected chi connectivity index (χ2v) is 3.70. The molecule has 1 aromatic rings. The lowest BCUT2D eigenvalue weighted by atomic mass is 10.00. The highest BCUT2D eigenvalue weighted by molar-refractivity contribution is 6.07. The summed E-state index contributed by atoms with van der Waals surface area (Å²) in [6, 6.07) is 5.10. The molecule has 1 heterocycles. The van der Waals surface area contributed by atoms with Crippen molar-refractivity contribution in [1.29, 1.82) is 0 Å². The average molecular weight is 177 g/mol. The number of benzene rings is 1. The Morgan fingerprint density at radius 3 is 2.77 bits per heavy atom. The first-order valence-corrected chi connectivity index (χ1v) is 4.14. The van der Waals surface area contributed by atoms with Crippen LogP contribution in [-0.2, 0) is 0 Å². The number of hydrogen-bond acceptors (Lipinski definition) is 3. The van der Waals surface area contributed by atoms with E-state index in [1.807, 2.05) is 0 Å². The van der Waals surface area contributed by atoms with Crippen molar-refractivity contribution in [3.8, 4) is 5.75 Å². The summed E-state index contributed by atoms with van der Waals surface area (Å²) >= 11 is 0. The summed E-state index contributed by atoms with van der Waals surface area (Å²) in [4.78, 5) is 11.7. The van der Waals surface area contributed by atoms with Crippen LogP contribution in [0, 0.1) is 0 Å². The van der Waals surface area contributed by atoms with Gasteiger partial charge < -0.3 is 10.5 Å². The maximum Gasteiger partial charge on any atom is 0.209 e. The Morgan fingerprint density at radius 2 is 2.08 bits per heavy atom. The maximum atomic E-state index is 11.7. The Labute approximate surface area is 76.5 Å². The zero-order valence-corrected chi connectivity index (χ0v) is 7.63. The average Bonchev–Trinajstić information content (AvgIpc) is 2.22. The summed E-state index contributed by atoms with van der Waals surface area (Å²) in [6.45, 7) is 3.51. The third kappa shape index (κ3) is 1.08. The van der Waals surface area contributed by atoms with Crippen LogP contribution < -0.4 is 10.5 Å². The molecule has 0 amide bonds. The lowest BCUT2D eigenvalue weighted by molar-refractivity contribution is 0.0684. The fraction of sp³-hybridized carbons (Fsp3) is 0.300. The molecular weight excluding hydrogens is 166 g/mol. The van der Waals surface area contributed by atoms with Crippen molar-refractivity contribution in [1.82, 2.24) is 0 Å². The summed E-state index contributed by atoms with van der Waals surface area (Å²) in [5, 5.41) is 0. The first-order chi connectivity index (χ1) is 6.00. The van der Waals surface area contributed by atoms with Crippen molar-refractivity contribution < 1.29 is 9.53 Å². The van der Waals surface area contributed by atoms with E-state index in [0.717, 1.165) is 0 Å². The summed E-state index contributed by atoms with van der Waals surface area (Å²) in [7, 11) is 0.